The third-order valence-corrected chi connectivity index (χ3v) is 5.78. The second-order valence-electron chi connectivity index (χ2n) is 8.64. The molecule has 9 nitrogen and oxygen atoms in total. The summed E-state index contributed by atoms with van der Waals surface area (Å²) in [5.41, 5.74) is 6.91. The van der Waals surface area contributed by atoms with Gasteiger partial charge in [-0.15, -0.1) is 0 Å². The van der Waals surface area contributed by atoms with E-state index in [1.54, 1.807) is 24.5 Å². The number of hydrogen-bond acceptors (Lipinski definition) is 8. The molecule has 2 aromatic carbocycles. The van der Waals surface area contributed by atoms with Crippen LogP contribution in [0.15, 0.2) is 72.1 Å². The topological polar surface area (TPSA) is 112 Å². The molecule has 0 aliphatic carbocycles. The van der Waals surface area contributed by atoms with Gasteiger partial charge >= 0.3 is 5.95 Å². The van der Waals surface area contributed by atoms with E-state index in [0.29, 0.717) is 37.9 Å². The lowest BCUT2D eigenvalue weighted by Gasteiger charge is -2.27. The van der Waals surface area contributed by atoms with Crippen molar-refractivity contribution in [1.82, 2.24) is 15.0 Å². The van der Waals surface area contributed by atoms with E-state index in [2.05, 4.69) is 31.4 Å². The minimum Gasteiger partial charge on any atom is -0.508 e. The maximum absolute atomic E-state index is 14.2. The van der Waals surface area contributed by atoms with E-state index >= 15 is 0 Å². The summed E-state index contributed by atoms with van der Waals surface area (Å²) < 4.78 is 19.5. The number of nitrogens with two attached hydrogens (primary N) is 1. The van der Waals surface area contributed by atoms with Crippen LogP contribution in [0.3, 0.4) is 0 Å². The predicted octanol–water partition coefficient (Wildman–Crippen LogP) is 3.50. The van der Waals surface area contributed by atoms with Gasteiger partial charge < -0.3 is 20.1 Å². The fourth-order valence-electron chi connectivity index (χ4n) is 4.04. The molecule has 0 amide bonds. The average Bonchev–Trinajstić information content (AvgIpc) is 2.91. The molecule has 1 saturated heterocycles. The van der Waals surface area contributed by atoms with Crippen molar-refractivity contribution in [2.24, 2.45) is 5.10 Å². The number of aromatic nitrogens is 3. The summed E-state index contributed by atoms with van der Waals surface area (Å²) in [6, 6.07) is 17.1. The van der Waals surface area contributed by atoms with Gasteiger partial charge in [-0.1, -0.05) is 23.3 Å². The smallest absolute Gasteiger partial charge is 0.354 e. The van der Waals surface area contributed by atoms with Crippen LogP contribution >= 0.6 is 0 Å². The number of anilines is 3. The lowest BCUT2D eigenvalue weighted by molar-refractivity contribution is -0.584. The summed E-state index contributed by atoms with van der Waals surface area (Å²) in [5.74, 6) is 0.349. The normalized spacial score (nSPS) is 13.7. The molecule has 3 heterocycles. The maximum Gasteiger partial charge on any atom is 0.354 e. The molecule has 37 heavy (non-hydrogen) atoms. The largest absolute Gasteiger partial charge is 0.508 e. The van der Waals surface area contributed by atoms with E-state index in [-0.39, 0.29) is 11.6 Å². The van der Waals surface area contributed by atoms with Crippen molar-refractivity contribution < 1.29 is 19.7 Å². The number of quaternary nitrogens is 1. The van der Waals surface area contributed by atoms with Gasteiger partial charge in [0.1, 0.15) is 12.0 Å². The van der Waals surface area contributed by atoms with Gasteiger partial charge in [-0.3, -0.25) is 4.98 Å². The monoisotopic (exact) mass is 500 g/mol. The Balaban J connectivity index is 1.23. The number of morpholine rings is 1. The molecule has 0 bridgehead atoms. The second-order valence-corrected chi connectivity index (χ2v) is 8.64. The van der Waals surface area contributed by atoms with E-state index < -0.39 is 5.82 Å². The summed E-state index contributed by atoms with van der Waals surface area (Å²) in [6.45, 7) is 4.28. The Kier molecular flexibility index (Phi) is 7.29. The van der Waals surface area contributed by atoms with Crippen molar-refractivity contribution in [3.63, 3.8) is 0 Å². The third-order valence-electron chi connectivity index (χ3n) is 5.78. The van der Waals surface area contributed by atoms with Crippen LogP contribution in [0.2, 0.25) is 0 Å². The third kappa shape index (κ3) is 6.24. The van der Waals surface area contributed by atoms with Crippen molar-refractivity contribution in [2.45, 2.75) is 6.92 Å². The van der Waals surface area contributed by atoms with E-state index in [4.69, 9.17) is 4.74 Å². The zero-order chi connectivity index (χ0) is 25.6. The van der Waals surface area contributed by atoms with E-state index in [1.807, 2.05) is 48.2 Å². The first kappa shape index (κ1) is 24.3. The number of rotatable bonds is 7. The number of aromatic hydroxyl groups is 1. The number of pyridine rings is 1. The van der Waals surface area contributed by atoms with Crippen molar-refractivity contribution in [3.8, 4) is 16.9 Å². The first-order valence-electron chi connectivity index (χ1n) is 11.9. The van der Waals surface area contributed by atoms with Gasteiger partial charge in [0.2, 0.25) is 0 Å². The fourth-order valence-corrected chi connectivity index (χ4v) is 4.04. The zero-order valence-corrected chi connectivity index (χ0v) is 20.3. The van der Waals surface area contributed by atoms with Crippen LogP contribution in [0.1, 0.15) is 11.3 Å². The predicted molar refractivity (Wildman–Crippen MR) is 140 cm³/mol. The molecular formula is C27H27FN7O2+. The maximum atomic E-state index is 14.2. The van der Waals surface area contributed by atoms with Crippen LogP contribution in [0.4, 0.5) is 27.5 Å². The molecule has 2 aromatic heterocycles. The summed E-state index contributed by atoms with van der Waals surface area (Å²) in [7, 11) is 0. The van der Waals surface area contributed by atoms with Crippen LogP contribution in [-0.2, 0) is 4.74 Å². The molecule has 5 rings (SSSR count). The Bertz CT molecular complexity index is 1410. The van der Waals surface area contributed by atoms with Crippen LogP contribution in [0, 0.1) is 12.7 Å². The lowest BCUT2D eigenvalue weighted by atomic mass is 10.0. The second kappa shape index (κ2) is 11.1. The highest BCUT2D eigenvalue weighted by Gasteiger charge is 2.19. The van der Waals surface area contributed by atoms with Gasteiger partial charge in [0, 0.05) is 18.8 Å². The van der Waals surface area contributed by atoms with Gasteiger partial charge in [-0.25, -0.2) is 4.39 Å². The zero-order valence-electron chi connectivity index (χ0n) is 20.3. The number of hydrogen-bond donors (Lipinski definition) is 3. The van der Waals surface area contributed by atoms with Crippen molar-refractivity contribution in [1.29, 1.82) is 0 Å². The van der Waals surface area contributed by atoms with E-state index in [0.717, 1.165) is 34.3 Å². The van der Waals surface area contributed by atoms with E-state index in [9.17, 15) is 9.50 Å². The highest BCUT2D eigenvalue weighted by Crippen LogP contribution is 2.28. The SMILES string of the molecule is Cc1cc(Nc2ccc(C=N[NH2+]c3ncc(F)c(N4CCOCC4)n3)nc2)cc(-c2cccc(O)c2)c1. The van der Waals surface area contributed by atoms with E-state index in [1.165, 1.54) is 5.43 Å². The highest BCUT2D eigenvalue weighted by molar-refractivity contribution is 5.77. The summed E-state index contributed by atoms with van der Waals surface area (Å²) in [5, 5.41) is 17.4. The number of ether oxygens (including phenoxy) is 1. The Morgan fingerprint density at radius 3 is 2.68 bits per heavy atom. The van der Waals surface area contributed by atoms with Crippen molar-refractivity contribution in [3.05, 3.63) is 84.1 Å². The first-order chi connectivity index (χ1) is 18.0. The number of nitrogens with one attached hydrogen (secondary N) is 1. The molecule has 0 unspecified atom stereocenters. The Hall–Kier alpha value is -4.41. The van der Waals surface area contributed by atoms with Crippen LogP contribution in [0.5, 0.6) is 5.75 Å². The molecule has 0 saturated carbocycles. The highest BCUT2D eigenvalue weighted by atomic mass is 19.1. The summed E-state index contributed by atoms with van der Waals surface area (Å²) in [4.78, 5) is 14.6. The molecular weight excluding hydrogens is 473 g/mol. The molecule has 1 aliphatic rings. The minimum atomic E-state index is -0.463. The number of halogens is 1. The van der Waals surface area contributed by atoms with Gasteiger partial charge in [-0.2, -0.15) is 15.4 Å². The summed E-state index contributed by atoms with van der Waals surface area (Å²) >= 11 is 0. The Morgan fingerprint density at radius 2 is 1.89 bits per heavy atom. The standard InChI is InChI=1S/C27H26FN7O2/c1-18-11-20(19-3-2-4-24(36)14-19)13-23(12-18)32-22-6-5-21(29-15-22)16-31-34-27-30-17-25(28)26(33-27)35-7-9-37-10-8-35/h2-6,11-17,32,36H,7-10H2,1H3,(H,30,33,34)/p+1. The molecule has 4 N–H and O–H groups in total. The molecule has 10 heteroatoms. The van der Waals surface area contributed by atoms with Gasteiger partial charge in [-0.05, 0) is 60.0 Å². The van der Waals surface area contributed by atoms with Crippen molar-refractivity contribution >= 4 is 29.4 Å². The Labute approximate surface area is 213 Å². The van der Waals surface area contributed by atoms with Gasteiger partial charge in [0.25, 0.3) is 0 Å². The number of aryl methyl sites for hydroxylation is 1. The molecule has 0 spiro atoms. The molecule has 188 valence electrons. The molecule has 0 atom stereocenters. The van der Waals surface area contributed by atoms with Crippen LogP contribution < -0.4 is 15.6 Å². The summed E-state index contributed by atoms with van der Waals surface area (Å²) in [6.07, 6.45) is 4.48. The average molecular weight is 501 g/mol. The minimum absolute atomic E-state index is 0.232. The lowest BCUT2D eigenvalue weighted by Crippen LogP contribution is -2.72. The molecule has 1 aliphatic heterocycles. The fraction of sp³-hybridized carbons (Fsp3) is 0.185. The Morgan fingerprint density at radius 1 is 1.03 bits per heavy atom. The number of benzene rings is 2. The van der Waals surface area contributed by atoms with Gasteiger partial charge in [0.05, 0.1) is 37.0 Å². The first-order valence-corrected chi connectivity index (χ1v) is 11.9. The van der Waals surface area contributed by atoms with Crippen molar-refractivity contribution in [2.75, 3.05) is 36.5 Å². The number of nitrogens with zero attached hydrogens (tertiary/aromatic N) is 5. The van der Waals surface area contributed by atoms with Crippen LogP contribution in [-0.4, -0.2) is 52.6 Å². The molecule has 4 aromatic rings. The quantitative estimate of drug-likeness (QED) is 0.202. The molecule has 1 fully saturated rings. The number of phenols is 1. The number of phenolic OH excluding ortho intramolecular Hbond substituents is 1. The van der Waals surface area contributed by atoms with Crippen LogP contribution in [0.25, 0.3) is 11.1 Å². The van der Waals surface area contributed by atoms with Gasteiger partial charge in [0.15, 0.2) is 11.6 Å². The molecule has 0 radical (unpaired) electrons.